The maximum atomic E-state index is 13.0. The number of aromatic amines is 1. The molecular formula is C23H16F3N5O. The second kappa shape index (κ2) is 7.23. The normalized spacial score (nSPS) is 11.9. The summed E-state index contributed by atoms with van der Waals surface area (Å²) in [5.74, 6) is -0.203. The quantitative estimate of drug-likeness (QED) is 0.395. The van der Waals surface area contributed by atoms with E-state index in [0.717, 1.165) is 17.8 Å². The lowest BCUT2D eigenvalue weighted by molar-refractivity contribution is -0.137. The van der Waals surface area contributed by atoms with E-state index in [9.17, 15) is 18.0 Å². The van der Waals surface area contributed by atoms with Crippen molar-refractivity contribution in [1.29, 1.82) is 0 Å². The standard InChI is InChI=1S/C23H16F3N5O/c1-13-4-2-7-20-27-19(12-31(13)20)21(32)30-22-28-17-9-8-15(11-18(17)29-22)14-5-3-6-16(10-14)23(24,25)26/h2-12H,1H3,(H2,28,29,30,32). The lowest BCUT2D eigenvalue weighted by atomic mass is 10.0. The Kier molecular flexibility index (Phi) is 4.47. The number of carbonyl (C=O) groups is 1. The van der Waals surface area contributed by atoms with E-state index in [1.165, 1.54) is 6.07 Å². The zero-order valence-electron chi connectivity index (χ0n) is 16.7. The smallest absolute Gasteiger partial charge is 0.324 e. The molecule has 3 heterocycles. The number of nitrogens with zero attached hydrogens (tertiary/aromatic N) is 3. The van der Waals surface area contributed by atoms with E-state index in [1.54, 1.807) is 36.5 Å². The molecule has 0 bridgehead atoms. The van der Waals surface area contributed by atoms with Crippen molar-refractivity contribution in [3.8, 4) is 11.1 Å². The second-order valence-electron chi connectivity index (χ2n) is 7.37. The van der Waals surface area contributed by atoms with Gasteiger partial charge in [-0.2, -0.15) is 13.2 Å². The predicted octanol–water partition coefficient (Wildman–Crippen LogP) is 5.46. The van der Waals surface area contributed by atoms with E-state index in [-0.39, 0.29) is 11.6 Å². The van der Waals surface area contributed by atoms with Gasteiger partial charge >= 0.3 is 6.18 Å². The van der Waals surface area contributed by atoms with Gasteiger partial charge in [0.2, 0.25) is 5.95 Å². The van der Waals surface area contributed by atoms with Crippen molar-refractivity contribution in [1.82, 2.24) is 19.4 Å². The van der Waals surface area contributed by atoms with Gasteiger partial charge in [-0.1, -0.05) is 24.3 Å². The highest BCUT2D eigenvalue weighted by atomic mass is 19.4. The molecule has 2 N–H and O–H groups in total. The molecule has 0 fully saturated rings. The number of rotatable bonds is 3. The van der Waals surface area contributed by atoms with Gasteiger partial charge in [0.25, 0.3) is 5.91 Å². The van der Waals surface area contributed by atoms with E-state index >= 15 is 0 Å². The first kappa shape index (κ1) is 19.8. The summed E-state index contributed by atoms with van der Waals surface area (Å²) >= 11 is 0. The molecule has 2 aromatic carbocycles. The maximum Gasteiger partial charge on any atom is 0.416 e. The number of hydrogen-bond donors (Lipinski definition) is 2. The average Bonchev–Trinajstić information content (AvgIpc) is 3.37. The van der Waals surface area contributed by atoms with E-state index in [2.05, 4.69) is 20.3 Å². The monoisotopic (exact) mass is 435 g/mol. The van der Waals surface area contributed by atoms with Crippen LogP contribution in [0.5, 0.6) is 0 Å². The van der Waals surface area contributed by atoms with Crippen LogP contribution in [0, 0.1) is 6.92 Å². The lowest BCUT2D eigenvalue weighted by Crippen LogP contribution is -2.13. The van der Waals surface area contributed by atoms with Crippen molar-refractivity contribution in [2.24, 2.45) is 0 Å². The third kappa shape index (κ3) is 3.58. The van der Waals surface area contributed by atoms with Crippen molar-refractivity contribution < 1.29 is 18.0 Å². The number of imidazole rings is 2. The molecule has 6 nitrogen and oxygen atoms in total. The van der Waals surface area contributed by atoms with Crippen LogP contribution in [0.15, 0.2) is 66.9 Å². The summed E-state index contributed by atoms with van der Waals surface area (Å²) in [4.78, 5) is 24.3. The molecule has 3 aromatic heterocycles. The van der Waals surface area contributed by atoms with Gasteiger partial charge < -0.3 is 9.38 Å². The summed E-state index contributed by atoms with van der Waals surface area (Å²) in [6.07, 6.45) is -2.77. The Morgan fingerprint density at radius 3 is 2.56 bits per heavy atom. The number of aromatic nitrogens is 4. The van der Waals surface area contributed by atoms with Crippen molar-refractivity contribution in [2.45, 2.75) is 13.1 Å². The third-order valence-electron chi connectivity index (χ3n) is 5.17. The van der Waals surface area contributed by atoms with Crippen molar-refractivity contribution in [2.75, 3.05) is 5.32 Å². The van der Waals surface area contributed by atoms with Gasteiger partial charge in [0.15, 0.2) is 0 Å². The summed E-state index contributed by atoms with van der Waals surface area (Å²) in [6.45, 7) is 1.91. The van der Waals surface area contributed by atoms with Crippen LogP contribution in [-0.4, -0.2) is 25.3 Å². The molecule has 0 saturated heterocycles. The number of halogens is 3. The summed E-state index contributed by atoms with van der Waals surface area (Å²) in [5.41, 5.74) is 3.32. The molecule has 0 spiro atoms. The van der Waals surface area contributed by atoms with Gasteiger partial charge in [0.1, 0.15) is 11.3 Å². The molecule has 32 heavy (non-hydrogen) atoms. The first-order chi connectivity index (χ1) is 15.3. The molecule has 0 aliphatic carbocycles. The molecule has 0 atom stereocenters. The highest BCUT2D eigenvalue weighted by Gasteiger charge is 2.30. The van der Waals surface area contributed by atoms with Gasteiger partial charge in [-0.15, -0.1) is 0 Å². The highest BCUT2D eigenvalue weighted by molar-refractivity contribution is 6.03. The van der Waals surface area contributed by atoms with Gasteiger partial charge in [-0.3, -0.25) is 10.1 Å². The van der Waals surface area contributed by atoms with E-state index < -0.39 is 17.6 Å². The molecule has 0 unspecified atom stereocenters. The fraction of sp³-hybridized carbons (Fsp3) is 0.0870. The Hall–Kier alpha value is -4.14. The van der Waals surface area contributed by atoms with Crippen molar-refractivity contribution in [3.05, 3.63) is 83.8 Å². The number of aryl methyl sites for hydroxylation is 1. The average molecular weight is 435 g/mol. The number of fused-ring (bicyclic) bond motifs is 2. The third-order valence-corrected chi connectivity index (χ3v) is 5.17. The molecule has 5 rings (SSSR count). The largest absolute Gasteiger partial charge is 0.416 e. The zero-order chi connectivity index (χ0) is 22.5. The SMILES string of the molecule is Cc1cccc2nc(C(=O)Nc3nc4ccc(-c5cccc(C(F)(F)F)c5)cc4[nH]3)cn12. The first-order valence-electron chi connectivity index (χ1n) is 9.71. The van der Waals surface area contributed by atoms with Crippen molar-refractivity contribution in [3.63, 3.8) is 0 Å². The zero-order valence-corrected chi connectivity index (χ0v) is 16.7. The molecule has 0 saturated carbocycles. The number of H-pyrrole nitrogens is 1. The number of nitrogens with one attached hydrogen (secondary N) is 2. The fourth-order valence-electron chi connectivity index (χ4n) is 3.55. The Morgan fingerprint density at radius 2 is 1.78 bits per heavy atom. The molecule has 0 aliphatic rings. The predicted molar refractivity (Wildman–Crippen MR) is 114 cm³/mol. The number of hydrogen-bond acceptors (Lipinski definition) is 3. The van der Waals surface area contributed by atoms with Crippen LogP contribution in [0.4, 0.5) is 19.1 Å². The molecule has 9 heteroatoms. The molecule has 5 aromatic rings. The minimum Gasteiger partial charge on any atom is -0.324 e. The second-order valence-corrected chi connectivity index (χ2v) is 7.37. The van der Waals surface area contributed by atoms with E-state index in [0.29, 0.717) is 27.8 Å². The summed E-state index contributed by atoms with van der Waals surface area (Å²) in [6, 6.07) is 15.8. The fourth-order valence-corrected chi connectivity index (χ4v) is 3.55. The number of alkyl halides is 3. The Labute approximate surface area is 179 Å². The Morgan fingerprint density at radius 1 is 1.00 bits per heavy atom. The van der Waals surface area contributed by atoms with Crippen LogP contribution in [-0.2, 0) is 6.18 Å². The summed E-state index contributed by atoms with van der Waals surface area (Å²) in [7, 11) is 0. The number of amides is 1. The van der Waals surface area contributed by atoms with Crippen LogP contribution in [0.25, 0.3) is 27.8 Å². The van der Waals surface area contributed by atoms with Crippen LogP contribution >= 0.6 is 0 Å². The minimum absolute atomic E-state index is 0.222. The highest BCUT2D eigenvalue weighted by Crippen LogP contribution is 2.33. The van der Waals surface area contributed by atoms with Crippen molar-refractivity contribution >= 4 is 28.5 Å². The number of benzene rings is 2. The van der Waals surface area contributed by atoms with Gasteiger partial charge in [-0.05, 0) is 54.4 Å². The summed E-state index contributed by atoms with van der Waals surface area (Å²) < 4.78 is 40.9. The van der Waals surface area contributed by atoms with Gasteiger partial charge in [-0.25, -0.2) is 9.97 Å². The van der Waals surface area contributed by atoms with Crippen LogP contribution in [0.1, 0.15) is 21.7 Å². The molecule has 0 radical (unpaired) electrons. The van der Waals surface area contributed by atoms with Crippen LogP contribution in [0.3, 0.4) is 0 Å². The number of carbonyl (C=O) groups excluding carboxylic acids is 1. The van der Waals surface area contributed by atoms with Gasteiger partial charge in [0.05, 0.1) is 16.6 Å². The lowest BCUT2D eigenvalue weighted by Gasteiger charge is -2.08. The van der Waals surface area contributed by atoms with Crippen LogP contribution < -0.4 is 5.32 Å². The maximum absolute atomic E-state index is 13.0. The molecule has 0 aliphatic heterocycles. The first-order valence-corrected chi connectivity index (χ1v) is 9.71. The number of pyridine rings is 1. The summed E-state index contributed by atoms with van der Waals surface area (Å²) in [5, 5.41) is 2.69. The van der Waals surface area contributed by atoms with E-state index in [1.807, 2.05) is 23.5 Å². The number of anilines is 1. The minimum atomic E-state index is -4.41. The Balaban J connectivity index is 1.43. The Bertz CT molecular complexity index is 1480. The topological polar surface area (TPSA) is 75.1 Å². The van der Waals surface area contributed by atoms with Gasteiger partial charge in [0, 0.05) is 11.9 Å². The molecule has 1 amide bonds. The van der Waals surface area contributed by atoms with Crippen LogP contribution in [0.2, 0.25) is 0 Å². The molecule has 160 valence electrons. The molecular weight excluding hydrogens is 419 g/mol. The van der Waals surface area contributed by atoms with E-state index in [4.69, 9.17) is 0 Å².